The second-order valence-corrected chi connectivity index (χ2v) is 7.26. The molecule has 0 unspecified atom stereocenters. The molecule has 2 aromatic carbocycles. The number of hydrogen-bond acceptors (Lipinski definition) is 4. The number of amides is 1. The van der Waals surface area contributed by atoms with E-state index in [-0.39, 0.29) is 5.91 Å². The van der Waals surface area contributed by atoms with Gasteiger partial charge in [-0.25, -0.2) is 9.97 Å². The molecule has 0 aliphatic carbocycles. The van der Waals surface area contributed by atoms with Crippen LogP contribution in [0.2, 0.25) is 0 Å². The van der Waals surface area contributed by atoms with Gasteiger partial charge in [0.1, 0.15) is 5.82 Å². The molecule has 0 N–H and O–H groups in total. The molecule has 5 nitrogen and oxygen atoms in total. The third kappa shape index (κ3) is 3.88. The maximum atomic E-state index is 12.9. The Hall–Kier alpha value is -3.21. The molecule has 1 amide bonds. The van der Waals surface area contributed by atoms with E-state index in [0.717, 1.165) is 47.0 Å². The Labute approximate surface area is 165 Å². The number of rotatable bonds is 3. The fraction of sp³-hybridized carbons (Fsp3) is 0.261. The molecule has 1 aliphatic rings. The van der Waals surface area contributed by atoms with Gasteiger partial charge < -0.3 is 9.80 Å². The third-order valence-corrected chi connectivity index (χ3v) is 5.03. The summed E-state index contributed by atoms with van der Waals surface area (Å²) >= 11 is 0. The van der Waals surface area contributed by atoms with Gasteiger partial charge in [0.15, 0.2) is 5.82 Å². The summed E-state index contributed by atoms with van der Waals surface area (Å²) in [5, 5.41) is 0. The summed E-state index contributed by atoms with van der Waals surface area (Å²) < 4.78 is 0. The van der Waals surface area contributed by atoms with E-state index in [9.17, 15) is 4.79 Å². The van der Waals surface area contributed by atoms with Gasteiger partial charge in [-0.2, -0.15) is 0 Å². The zero-order valence-corrected chi connectivity index (χ0v) is 16.3. The van der Waals surface area contributed by atoms with Crippen molar-refractivity contribution in [3.63, 3.8) is 0 Å². The summed E-state index contributed by atoms with van der Waals surface area (Å²) in [6, 6.07) is 18.0. The number of carbonyl (C=O) groups excluding carboxylic acids is 1. The van der Waals surface area contributed by atoms with Crippen LogP contribution in [0.1, 0.15) is 21.5 Å². The van der Waals surface area contributed by atoms with Gasteiger partial charge in [-0.05, 0) is 32.0 Å². The minimum Gasteiger partial charge on any atom is -0.353 e. The molecular formula is C23H24N4O. The molecule has 4 rings (SSSR count). The first-order valence-electron chi connectivity index (χ1n) is 9.61. The second kappa shape index (κ2) is 7.80. The third-order valence-electron chi connectivity index (χ3n) is 5.03. The van der Waals surface area contributed by atoms with Crippen LogP contribution in [0.5, 0.6) is 0 Å². The first kappa shape index (κ1) is 18.2. The average molecular weight is 372 g/mol. The summed E-state index contributed by atoms with van der Waals surface area (Å²) in [7, 11) is 0. The van der Waals surface area contributed by atoms with Gasteiger partial charge in [-0.15, -0.1) is 0 Å². The van der Waals surface area contributed by atoms with E-state index >= 15 is 0 Å². The number of carbonyl (C=O) groups is 1. The summed E-state index contributed by atoms with van der Waals surface area (Å²) in [5.41, 5.74) is 4.03. The molecule has 28 heavy (non-hydrogen) atoms. The van der Waals surface area contributed by atoms with Crippen LogP contribution in [0.25, 0.3) is 11.4 Å². The van der Waals surface area contributed by atoms with E-state index in [4.69, 9.17) is 4.98 Å². The van der Waals surface area contributed by atoms with Crippen LogP contribution in [0.4, 0.5) is 5.82 Å². The zero-order valence-electron chi connectivity index (χ0n) is 16.3. The van der Waals surface area contributed by atoms with Crippen LogP contribution in [0.15, 0.2) is 60.8 Å². The summed E-state index contributed by atoms with van der Waals surface area (Å²) in [4.78, 5) is 26.2. The van der Waals surface area contributed by atoms with Crippen molar-refractivity contribution in [1.82, 2.24) is 14.9 Å². The lowest BCUT2D eigenvalue weighted by atomic mass is 10.1. The summed E-state index contributed by atoms with van der Waals surface area (Å²) in [6.45, 7) is 6.97. The summed E-state index contributed by atoms with van der Waals surface area (Å²) in [6.07, 6.45) is 1.80. The lowest BCUT2D eigenvalue weighted by Gasteiger charge is -2.35. The average Bonchev–Trinajstić information content (AvgIpc) is 2.73. The molecule has 2 heterocycles. The van der Waals surface area contributed by atoms with E-state index < -0.39 is 0 Å². The van der Waals surface area contributed by atoms with Crippen molar-refractivity contribution in [2.24, 2.45) is 0 Å². The van der Waals surface area contributed by atoms with Crippen molar-refractivity contribution >= 4 is 11.7 Å². The lowest BCUT2D eigenvalue weighted by Crippen LogP contribution is -2.49. The number of aryl methyl sites for hydroxylation is 2. The van der Waals surface area contributed by atoms with Gasteiger partial charge in [-0.3, -0.25) is 4.79 Å². The van der Waals surface area contributed by atoms with Crippen LogP contribution in [-0.4, -0.2) is 47.0 Å². The molecule has 1 aromatic heterocycles. The van der Waals surface area contributed by atoms with Gasteiger partial charge in [0.2, 0.25) is 0 Å². The van der Waals surface area contributed by atoms with Crippen LogP contribution in [0, 0.1) is 13.8 Å². The Bertz CT molecular complexity index is 959. The van der Waals surface area contributed by atoms with Crippen molar-refractivity contribution in [1.29, 1.82) is 0 Å². The van der Waals surface area contributed by atoms with Crippen LogP contribution >= 0.6 is 0 Å². The Morgan fingerprint density at radius 2 is 1.57 bits per heavy atom. The fourth-order valence-corrected chi connectivity index (χ4v) is 3.67. The highest BCUT2D eigenvalue weighted by Crippen LogP contribution is 2.20. The molecule has 0 bridgehead atoms. The monoisotopic (exact) mass is 372 g/mol. The zero-order chi connectivity index (χ0) is 19.5. The van der Waals surface area contributed by atoms with E-state index in [2.05, 4.69) is 16.0 Å². The fourth-order valence-electron chi connectivity index (χ4n) is 3.67. The lowest BCUT2D eigenvalue weighted by molar-refractivity contribution is 0.0746. The predicted molar refractivity (Wildman–Crippen MR) is 112 cm³/mol. The second-order valence-electron chi connectivity index (χ2n) is 7.26. The highest BCUT2D eigenvalue weighted by molar-refractivity contribution is 5.94. The van der Waals surface area contributed by atoms with Crippen LogP contribution < -0.4 is 4.90 Å². The van der Waals surface area contributed by atoms with Crippen molar-refractivity contribution < 1.29 is 4.79 Å². The number of aromatic nitrogens is 2. The maximum absolute atomic E-state index is 12.9. The van der Waals surface area contributed by atoms with E-state index in [0.29, 0.717) is 13.1 Å². The quantitative estimate of drug-likeness (QED) is 0.703. The first-order valence-corrected chi connectivity index (χ1v) is 9.61. The summed E-state index contributed by atoms with van der Waals surface area (Å²) in [5.74, 6) is 1.75. The van der Waals surface area contributed by atoms with Crippen LogP contribution in [0.3, 0.4) is 0 Å². The minimum absolute atomic E-state index is 0.110. The van der Waals surface area contributed by atoms with Gasteiger partial charge in [0.05, 0.1) is 0 Å². The predicted octanol–water partition coefficient (Wildman–Crippen LogP) is 3.72. The molecular weight excluding hydrogens is 348 g/mol. The van der Waals surface area contributed by atoms with Gasteiger partial charge >= 0.3 is 0 Å². The van der Waals surface area contributed by atoms with Crippen molar-refractivity contribution in [2.75, 3.05) is 31.1 Å². The SMILES string of the molecule is Cc1cc(C)cc(C(=O)N2CCN(c3ccnc(-c4ccccc4)n3)CC2)c1. The molecule has 5 heteroatoms. The molecule has 0 saturated carbocycles. The van der Waals surface area contributed by atoms with E-state index in [1.807, 2.05) is 67.3 Å². The van der Waals surface area contributed by atoms with Crippen molar-refractivity contribution in [3.8, 4) is 11.4 Å². The molecule has 0 atom stereocenters. The van der Waals surface area contributed by atoms with Crippen molar-refractivity contribution in [2.45, 2.75) is 13.8 Å². The highest BCUT2D eigenvalue weighted by Gasteiger charge is 2.23. The molecule has 0 spiro atoms. The number of hydrogen-bond donors (Lipinski definition) is 0. The first-order chi connectivity index (χ1) is 13.6. The van der Waals surface area contributed by atoms with Crippen molar-refractivity contribution in [3.05, 3.63) is 77.5 Å². The Morgan fingerprint density at radius 1 is 0.893 bits per heavy atom. The maximum Gasteiger partial charge on any atom is 0.253 e. The molecule has 3 aromatic rings. The number of piperazine rings is 1. The number of nitrogens with zero attached hydrogens (tertiary/aromatic N) is 4. The number of anilines is 1. The molecule has 1 fully saturated rings. The molecule has 0 radical (unpaired) electrons. The topological polar surface area (TPSA) is 49.3 Å². The van der Waals surface area contributed by atoms with Gasteiger partial charge in [-0.1, -0.05) is 47.5 Å². The molecule has 1 aliphatic heterocycles. The largest absolute Gasteiger partial charge is 0.353 e. The van der Waals surface area contributed by atoms with E-state index in [1.54, 1.807) is 6.20 Å². The Morgan fingerprint density at radius 3 is 2.25 bits per heavy atom. The highest BCUT2D eigenvalue weighted by atomic mass is 16.2. The van der Waals surface area contributed by atoms with Gasteiger partial charge in [0.25, 0.3) is 5.91 Å². The normalized spacial score (nSPS) is 14.2. The standard InChI is InChI=1S/C23H24N4O/c1-17-14-18(2)16-20(15-17)23(28)27-12-10-26(11-13-27)21-8-9-24-22(25-21)19-6-4-3-5-7-19/h3-9,14-16H,10-13H2,1-2H3. The van der Waals surface area contributed by atoms with Gasteiger partial charge in [0, 0.05) is 43.5 Å². The number of benzene rings is 2. The Kier molecular flexibility index (Phi) is 5.06. The minimum atomic E-state index is 0.110. The molecule has 142 valence electrons. The Balaban J connectivity index is 1.45. The smallest absolute Gasteiger partial charge is 0.253 e. The molecule has 1 saturated heterocycles. The van der Waals surface area contributed by atoms with E-state index in [1.165, 1.54) is 0 Å². The van der Waals surface area contributed by atoms with Crippen LogP contribution in [-0.2, 0) is 0 Å².